The lowest BCUT2D eigenvalue weighted by Crippen LogP contribution is -2.26. The summed E-state index contributed by atoms with van der Waals surface area (Å²) in [6.45, 7) is 5.02. The van der Waals surface area contributed by atoms with Gasteiger partial charge in [0.1, 0.15) is 0 Å². The summed E-state index contributed by atoms with van der Waals surface area (Å²) in [6, 6.07) is 6.39. The van der Waals surface area contributed by atoms with Gasteiger partial charge in [0.2, 0.25) is 5.91 Å². The molecule has 0 aliphatic heterocycles. The van der Waals surface area contributed by atoms with E-state index in [1.807, 2.05) is 0 Å². The Balaban J connectivity index is 2.34. The highest BCUT2D eigenvalue weighted by atomic mass is 16.4. The summed E-state index contributed by atoms with van der Waals surface area (Å²) in [7, 11) is 0. The van der Waals surface area contributed by atoms with Crippen LogP contribution in [-0.4, -0.2) is 23.5 Å². The Hall–Kier alpha value is -1.84. The van der Waals surface area contributed by atoms with Gasteiger partial charge >= 0.3 is 5.97 Å². The van der Waals surface area contributed by atoms with E-state index in [1.54, 1.807) is 12.1 Å². The van der Waals surface area contributed by atoms with Crippen LogP contribution in [0.15, 0.2) is 24.3 Å². The molecule has 19 heavy (non-hydrogen) atoms. The Morgan fingerprint density at radius 1 is 1.21 bits per heavy atom. The van der Waals surface area contributed by atoms with Gasteiger partial charge in [-0.15, -0.1) is 0 Å². The van der Waals surface area contributed by atoms with Crippen molar-refractivity contribution in [2.75, 3.05) is 6.54 Å². The SMILES string of the molecule is CC(C)CCCNC(=O)Cc1ccc(C(=O)O)cc1. The first kappa shape index (κ1) is 15.2. The largest absolute Gasteiger partial charge is 0.478 e. The zero-order chi connectivity index (χ0) is 14.3. The van der Waals surface area contributed by atoms with E-state index < -0.39 is 5.97 Å². The van der Waals surface area contributed by atoms with E-state index in [1.165, 1.54) is 12.1 Å². The molecule has 0 saturated carbocycles. The Morgan fingerprint density at radius 3 is 2.37 bits per heavy atom. The summed E-state index contributed by atoms with van der Waals surface area (Å²) < 4.78 is 0. The third-order valence-electron chi connectivity index (χ3n) is 2.85. The number of carbonyl (C=O) groups excluding carboxylic acids is 1. The fourth-order valence-electron chi connectivity index (χ4n) is 1.75. The minimum absolute atomic E-state index is 0.0215. The van der Waals surface area contributed by atoms with Crippen LogP contribution < -0.4 is 5.32 Å². The van der Waals surface area contributed by atoms with E-state index in [0.717, 1.165) is 18.4 Å². The number of rotatable bonds is 7. The van der Waals surface area contributed by atoms with E-state index in [-0.39, 0.29) is 11.5 Å². The molecular formula is C15H21NO3. The van der Waals surface area contributed by atoms with E-state index in [9.17, 15) is 9.59 Å². The van der Waals surface area contributed by atoms with Gasteiger partial charge in [-0.25, -0.2) is 4.79 Å². The van der Waals surface area contributed by atoms with Crippen LogP contribution in [0.2, 0.25) is 0 Å². The highest BCUT2D eigenvalue weighted by Crippen LogP contribution is 2.05. The molecule has 0 aromatic heterocycles. The Kier molecular flexibility index (Phi) is 6.06. The van der Waals surface area contributed by atoms with Gasteiger partial charge in [0, 0.05) is 6.54 Å². The van der Waals surface area contributed by atoms with Gasteiger partial charge in [0.15, 0.2) is 0 Å². The van der Waals surface area contributed by atoms with Gasteiger partial charge < -0.3 is 10.4 Å². The predicted molar refractivity (Wildman–Crippen MR) is 74.2 cm³/mol. The number of carbonyl (C=O) groups is 2. The molecule has 0 radical (unpaired) electrons. The maximum absolute atomic E-state index is 11.6. The Labute approximate surface area is 113 Å². The van der Waals surface area contributed by atoms with Gasteiger partial charge in [-0.2, -0.15) is 0 Å². The van der Waals surface area contributed by atoms with Crippen LogP contribution in [0.4, 0.5) is 0 Å². The average molecular weight is 263 g/mol. The molecule has 0 heterocycles. The third kappa shape index (κ3) is 6.04. The molecule has 1 rings (SSSR count). The highest BCUT2D eigenvalue weighted by Gasteiger charge is 2.05. The van der Waals surface area contributed by atoms with E-state index >= 15 is 0 Å². The molecule has 0 unspecified atom stereocenters. The summed E-state index contributed by atoms with van der Waals surface area (Å²) >= 11 is 0. The Morgan fingerprint density at radius 2 is 1.84 bits per heavy atom. The summed E-state index contributed by atoms with van der Waals surface area (Å²) in [5.41, 5.74) is 1.06. The van der Waals surface area contributed by atoms with Crippen molar-refractivity contribution in [1.82, 2.24) is 5.32 Å². The second-order valence-corrected chi connectivity index (χ2v) is 5.06. The second kappa shape index (κ2) is 7.56. The topological polar surface area (TPSA) is 66.4 Å². The summed E-state index contributed by atoms with van der Waals surface area (Å²) in [5, 5.41) is 11.6. The van der Waals surface area contributed by atoms with Gasteiger partial charge in [-0.3, -0.25) is 4.79 Å². The smallest absolute Gasteiger partial charge is 0.335 e. The van der Waals surface area contributed by atoms with Gasteiger partial charge in [-0.1, -0.05) is 26.0 Å². The van der Waals surface area contributed by atoms with Crippen LogP contribution in [-0.2, 0) is 11.2 Å². The molecule has 104 valence electrons. The summed E-state index contributed by atoms with van der Waals surface area (Å²) in [5.74, 6) is -0.322. The fourth-order valence-corrected chi connectivity index (χ4v) is 1.75. The molecule has 1 aromatic carbocycles. The van der Waals surface area contributed by atoms with Crippen LogP contribution in [0.25, 0.3) is 0 Å². The number of hydrogen-bond acceptors (Lipinski definition) is 2. The molecule has 4 heteroatoms. The number of carboxylic acid groups (broad SMARTS) is 1. The van der Waals surface area contributed by atoms with Crippen molar-refractivity contribution in [1.29, 1.82) is 0 Å². The molecule has 0 spiro atoms. The van der Waals surface area contributed by atoms with Gasteiger partial charge in [0.25, 0.3) is 0 Å². The molecule has 0 atom stereocenters. The predicted octanol–water partition coefficient (Wildman–Crippen LogP) is 2.48. The number of amides is 1. The molecule has 0 saturated heterocycles. The van der Waals surface area contributed by atoms with Gasteiger partial charge in [0.05, 0.1) is 12.0 Å². The van der Waals surface area contributed by atoms with Crippen LogP contribution in [0.1, 0.15) is 42.6 Å². The van der Waals surface area contributed by atoms with Crippen molar-refractivity contribution in [2.45, 2.75) is 33.1 Å². The first-order valence-corrected chi connectivity index (χ1v) is 6.58. The molecular weight excluding hydrogens is 242 g/mol. The van der Waals surface area contributed by atoms with E-state index in [4.69, 9.17) is 5.11 Å². The third-order valence-corrected chi connectivity index (χ3v) is 2.85. The molecule has 0 aliphatic rings. The number of nitrogens with one attached hydrogen (secondary N) is 1. The van der Waals surface area contributed by atoms with Crippen molar-refractivity contribution >= 4 is 11.9 Å². The van der Waals surface area contributed by atoms with Crippen molar-refractivity contribution in [3.05, 3.63) is 35.4 Å². The maximum atomic E-state index is 11.6. The lowest BCUT2D eigenvalue weighted by atomic mass is 10.1. The zero-order valence-corrected chi connectivity index (χ0v) is 11.5. The van der Waals surface area contributed by atoms with Crippen LogP contribution in [0, 0.1) is 5.92 Å². The zero-order valence-electron chi connectivity index (χ0n) is 11.5. The lowest BCUT2D eigenvalue weighted by Gasteiger charge is -2.07. The molecule has 0 aliphatic carbocycles. The molecule has 1 amide bonds. The number of hydrogen-bond donors (Lipinski definition) is 2. The van der Waals surface area contributed by atoms with Crippen LogP contribution in [0.3, 0.4) is 0 Å². The first-order chi connectivity index (χ1) is 8.99. The molecule has 4 nitrogen and oxygen atoms in total. The number of carboxylic acids is 1. The van der Waals surface area contributed by atoms with Crippen LogP contribution in [0.5, 0.6) is 0 Å². The van der Waals surface area contributed by atoms with Crippen molar-refractivity contribution in [3.63, 3.8) is 0 Å². The molecule has 2 N–H and O–H groups in total. The normalized spacial score (nSPS) is 10.5. The standard InChI is InChI=1S/C15H21NO3/c1-11(2)4-3-9-16-14(17)10-12-5-7-13(8-6-12)15(18)19/h5-8,11H,3-4,9-10H2,1-2H3,(H,16,17)(H,18,19). The first-order valence-electron chi connectivity index (χ1n) is 6.58. The fraction of sp³-hybridized carbons (Fsp3) is 0.467. The summed E-state index contributed by atoms with van der Waals surface area (Å²) in [4.78, 5) is 22.3. The number of aromatic carboxylic acids is 1. The Bertz CT molecular complexity index is 424. The number of benzene rings is 1. The lowest BCUT2D eigenvalue weighted by molar-refractivity contribution is -0.120. The van der Waals surface area contributed by atoms with E-state index in [2.05, 4.69) is 19.2 Å². The van der Waals surface area contributed by atoms with Gasteiger partial charge in [-0.05, 0) is 36.5 Å². The van der Waals surface area contributed by atoms with E-state index in [0.29, 0.717) is 18.9 Å². The summed E-state index contributed by atoms with van der Waals surface area (Å²) in [6.07, 6.45) is 2.39. The second-order valence-electron chi connectivity index (χ2n) is 5.06. The maximum Gasteiger partial charge on any atom is 0.335 e. The molecule has 1 aromatic rings. The molecule has 0 bridgehead atoms. The highest BCUT2D eigenvalue weighted by molar-refractivity contribution is 5.87. The van der Waals surface area contributed by atoms with Crippen LogP contribution >= 0.6 is 0 Å². The van der Waals surface area contributed by atoms with Crippen molar-refractivity contribution in [2.24, 2.45) is 5.92 Å². The minimum Gasteiger partial charge on any atom is -0.478 e. The van der Waals surface area contributed by atoms with Crippen molar-refractivity contribution < 1.29 is 14.7 Å². The monoisotopic (exact) mass is 263 g/mol. The minimum atomic E-state index is -0.954. The van der Waals surface area contributed by atoms with Crippen molar-refractivity contribution in [3.8, 4) is 0 Å². The average Bonchev–Trinajstić information content (AvgIpc) is 2.35. The molecule has 0 fully saturated rings. The quantitative estimate of drug-likeness (QED) is 0.743.